The number of rotatable bonds is 4. The number of carbonyl (C=O) groups is 1. The Morgan fingerprint density at radius 1 is 1.23 bits per heavy atom. The van der Waals surface area contributed by atoms with Crippen LogP contribution in [0.3, 0.4) is 0 Å². The molecule has 3 heterocycles. The smallest absolute Gasteiger partial charge is 0.243 e. The molecule has 0 bridgehead atoms. The van der Waals surface area contributed by atoms with Gasteiger partial charge in [-0.15, -0.1) is 22.7 Å². The van der Waals surface area contributed by atoms with Crippen LogP contribution in [0.15, 0.2) is 41.1 Å². The van der Waals surface area contributed by atoms with E-state index in [0.29, 0.717) is 5.13 Å². The summed E-state index contributed by atoms with van der Waals surface area (Å²) < 4.78 is 0. The zero-order valence-electron chi connectivity index (χ0n) is 14.9. The van der Waals surface area contributed by atoms with Crippen LogP contribution < -0.4 is 5.32 Å². The van der Waals surface area contributed by atoms with Gasteiger partial charge in [-0.2, -0.15) is 0 Å². The molecule has 1 atom stereocenters. The predicted octanol–water partition coefficient (Wildman–Crippen LogP) is 4.57. The van der Waals surface area contributed by atoms with Gasteiger partial charge < -0.3 is 5.32 Å². The van der Waals surface area contributed by atoms with Crippen molar-refractivity contribution in [3.8, 4) is 11.3 Å². The number of nitrogens with one attached hydrogen (secondary N) is 1. The molecule has 0 fully saturated rings. The SMILES string of the molecule is Cc1ccc(-c2csc(NC(=O)[C@@H](C)N3CCc4sccc4C3)n2)cc1. The van der Waals surface area contributed by atoms with Crippen molar-refractivity contribution in [2.24, 2.45) is 0 Å². The fourth-order valence-electron chi connectivity index (χ4n) is 3.16. The van der Waals surface area contributed by atoms with E-state index in [1.165, 1.54) is 27.3 Å². The fourth-order valence-corrected chi connectivity index (χ4v) is 4.78. The monoisotopic (exact) mass is 383 g/mol. The molecule has 1 amide bonds. The minimum absolute atomic E-state index is 0.00786. The maximum Gasteiger partial charge on any atom is 0.243 e. The van der Waals surface area contributed by atoms with Gasteiger partial charge in [0.2, 0.25) is 5.91 Å². The van der Waals surface area contributed by atoms with Crippen molar-refractivity contribution < 1.29 is 4.79 Å². The second kappa shape index (κ2) is 7.31. The van der Waals surface area contributed by atoms with Gasteiger partial charge in [0.1, 0.15) is 0 Å². The highest BCUT2D eigenvalue weighted by Crippen LogP contribution is 2.27. The topological polar surface area (TPSA) is 45.2 Å². The molecule has 0 aliphatic carbocycles. The summed E-state index contributed by atoms with van der Waals surface area (Å²) in [4.78, 5) is 20.9. The Bertz CT molecular complexity index is 913. The summed E-state index contributed by atoms with van der Waals surface area (Å²) in [5.74, 6) is 0.00786. The Morgan fingerprint density at radius 2 is 2.04 bits per heavy atom. The van der Waals surface area contributed by atoms with Crippen LogP contribution in [0, 0.1) is 6.92 Å². The van der Waals surface area contributed by atoms with E-state index < -0.39 is 0 Å². The number of thiophene rings is 1. The third-order valence-electron chi connectivity index (χ3n) is 4.85. The van der Waals surface area contributed by atoms with Crippen molar-refractivity contribution in [1.29, 1.82) is 0 Å². The zero-order chi connectivity index (χ0) is 18.1. The Labute approximate surface area is 161 Å². The lowest BCUT2D eigenvalue weighted by molar-refractivity contribution is -0.121. The van der Waals surface area contributed by atoms with Gasteiger partial charge in [0.05, 0.1) is 11.7 Å². The second-order valence-electron chi connectivity index (χ2n) is 6.66. The van der Waals surface area contributed by atoms with Crippen LogP contribution in [0.5, 0.6) is 0 Å². The molecule has 0 spiro atoms. The third kappa shape index (κ3) is 3.58. The van der Waals surface area contributed by atoms with Crippen molar-refractivity contribution in [2.75, 3.05) is 11.9 Å². The van der Waals surface area contributed by atoms with Crippen LogP contribution in [-0.2, 0) is 17.8 Å². The molecule has 2 aromatic heterocycles. The Hall–Kier alpha value is -2.02. The average Bonchev–Trinajstić information content (AvgIpc) is 3.30. The molecule has 1 aliphatic rings. The van der Waals surface area contributed by atoms with Crippen molar-refractivity contribution in [3.05, 3.63) is 57.1 Å². The summed E-state index contributed by atoms with van der Waals surface area (Å²) in [5, 5.41) is 7.78. The van der Waals surface area contributed by atoms with Gasteiger partial charge in [-0.05, 0) is 37.3 Å². The van der Waals surface area contributed by atoms with Crippen molar-refractivity contribution in [3.63, 3.8) is 0 Å². The van der Waals surface area contributed by atoms with Gasteiger partial charge in [-0.25, -0.2) is 4.98 Å². The van der Waals surface area contributed by atoms with Crippen molar-refractivity contribution in [1.82, 2.24) is 9.88 Å². The number of hydrogen-bond acceptors (Lipinski definition) is 5. The van der Waals surface area contributed by atoms with Crippen LogP contribution in [-0.4, -0.2) is 28.4 Å². The summed E-state index contributed by atoms with van der Waals surface area (Å²) in [6.45, 7) is 5.81. The highest BCUT2D eigenvalue weighted by Gasteiger charge is 2.26. The van der Waals surface area contributed by atoms with Gasteiger partial charge in [-0.1, -0.05) is 29.8 Å². The summed E-state index contributed by atoms with van der Waals surface area (Å²) in [6, 6.07) is 10.3. The molecule has 134 valence electrons. The maximum atomic E-state index is 12.7. The number of aromatic nitrogens is 1. The summed E-state index contributed by atoms with van der Waals surface area (Å²) >= 11 is 3.29. The van der Waals surface area contributed by atoms with Crippen LogP contribution in [0.2, 0.25) is 0 Å². The van der Waals surface area contributed by atoms with E-state index in [1.807, 2.05) is 23.6 Å². The second-order valence-corrected chi connectivity index (χ2v) is 8.52. The first kappa shape index (κ1) is 17.4. The molecule has 3 aromatic rings. The first-order valence-corrected chi connectivity index (χ1v) is 10.5. The number of carbonyl (C=O) groups excluding carboxylic acids is 1. The minimum Gasteiger partial charge on any atom is -0.301 e. The number of benzene rings is 1. The Kier molecular flexibility index (Phi) is 4.89. The highest BCUT2D eigenvalue weighted by atomic mass is 32.1. The molecule has 4 rings (SSSR count). The molecule has 6 heteroatoms. The molecular formula is C20H21N3OS2. The molecule has 4 nitrogen and oxygen atoms in total. The molecule has 1 N–H and O–H groups in total. The van der Waals surface area contributed by atoms with E-state index in [4.69, 9.17) is 0 Å². The van der Waals surface area contributed by atoms with E-state index >= 15 is 0 Å². The van der Waals surface area contributed by atoms with Gasteiger partial charge in [-0.3, -0.25) is 9.69 Å². The van der Waals surface area contributed by atoms with Gasteiger partial charge in [0, 0.05) is 28.9 Å². The zero-order valence-corrected chi connectivity index (χ0v) is 16.5. The molecule has 0 unspecified atom stereocenters. The van der Waals surface area contributed by atoms with E-state index in [9.17, 15) is 4.79 Å². The Balaban J connectivity index is 1.41. The van der Waals surface area contributed by atoms with E-state index in [-0.39, 0.29) is 11.9 Å². The summed E-state index contributed by atoms with van der Waals surface area (Å²) in [7, 11) is 0. The van der Waals surface area contributed by atoms with E-state index in [2.05, 4.69) is 57.8 Å². The quantitative estimate of drug-likeness (QED) is 0.718. The molecule has 0 saturated carbocycles. The largest absolute Gasteiger partial charge is 0.301 e. The highest BCUT2D eigenvalue weighted by molar-refractivity contribution is 7.14. The van der Waals surface area contributed by atoms with Crippen LogP contribution in [0.1, 0.15) is 22.9 Å². The molecule has 0 saturated heterocycles. The first-order valence-electron chi connectivity index (χ1n) is 8.73. The number of anilines is 1. The Morgan fingerprint density at radius 3 is 2.85 bits per heavy atom. The maximum absolute atomic E-state index is 12.7. The summed E-state index contributed by atoms with van der Waals surface area (Å²) in [6.07, 6.45) is 1.03. The lowest BCUT2D eigenvalue weighted by Crippen LogP contribution is -2.44. The standard InChI is InChI=1S/C20H21N3OS2/c1-13-3-5-15(6-4-13)17-12-26-20(21-17)22-19(24)14(2)23-9-7-18-16(11-23)8-10-25-18/h3-6,8,10,12,14H,7,9,11H2,1-2H3,(H,21,22,24)/t14-/m1/s1. The van der Waals surface area contributed by atoms with Crippen LogP contribution in [0.25, 0.3) is 11.3 Å². The molecule has 1 aliphatic heterocycles. The number of aryl methyl sites for hydroxylation is 1. The average molecular weight is 384 g/mol. The molecule has 26 heavy (non-hydrogen) atoms. The summed E-state index contributed by atoms with van der Waals surface area (Å²) in [5.41, 5.74) is 4.55. The van der Waals surface area contributed by atoms with Gasteiger partial charge >= 0.3 is 0 Å². The number of fused-ring (bicyclic) bond motifs is 1. The van der Waals surface area contributed by atoms with Crippen LogP contribution >= 0.6 is 22.7 Å². The fraction of sp³-hybridized carbons (Fsp3) is 0.300. The number of nitrogens with zero attached hydrogens (tertiary/aromatic N) is 2. The van der Waals surface area contributed by atoms with E-state index in [0.717, 1.165) is 30.8 Å². The van der Waals surface area contributed by atoms with E-state index in [1.54, 1.807) is 0 Å². The lowest BCUT2D eigenvalue weighted by atomic mass is 10.1. The molecule has 1 aromatic carbocycles. The van der Waals surface area contributed by atoms with Crippen molar-refractivity contribution >= 4 is 33.7 Å². The van der Waals surface area contributed by atoms with Gasteiger partial charge in [0.15, 0.2) is 5.13 Å². The van der Waals surface area contributed by atoms with Crippen molar-refractivity contribution in [2.45, 2.75) is 32.9 Å². The first-order chi connectivity index (χ1) is 12.6. The number of hydrogen-bond donors (Lipinski definition) is 1. The van der Waals surface area contributed by atoms with Gasteiger partial charge in [0.25, 0.3) is 0 Å². The lowest BCUT2D eigenvalue weighted by Gasteiger charge is -2.31. The minimum atomic E-state index is -0.172. The normalized spacial score (nSPS) is 15.5. The predicted molar refractivity (Wildman–Crippen MR) is 109 cm³/mol. The number of thiazole rings is 1. The third-order valence-corrected chi connectivity index (χ3v) is 6.63. The molecular weight excluding hydrogens is 362 g/mol. The van der Waals surface area contributed by atoms with Crippen LogP contribution in [0.4, 0.5) is 5.13 Å². The molecule has 0 radical (unpaired) electrons. The number of amides is 1.